The van der Waals surface area contributed by atoms with Crippen LogP contribution in [0.3, 0.4) is 0 Å². The Labute approximate surface area is 90.7 Å². The minimum Gasteiger partial charge on any atom is -0.352 e. The van der Waals surface area contributed by atoms with E-state index in [0.29, 0.717) is 6.04 Å². The number of nitrogens with one attached hydrogen (secondary N) is 1. The number of rotatable bonds is 1. The van der Waals surface area contributed by atoms with Gasteiger partial charge in [0.2, 0.25) is 0 Å². The van der Waals surface area contributed by atoms with Gasteiger partial charge in [-0.15, -0.1) is 0 Å². The number of hydrogen-bond acceptors (Lipinski definition) is 1. The summed E-state index contributed by atoms with van der Waals surface area (Å²) in [7, 11) is 0. The van der Waals surface area contributed by atoms with Gasteiger partial charge < -0.3 is 11.1 Å². The normalized spacial score (nSPS) is 14.5. The molecule has 0 atom stereocenters. The maximum atomic E-state index is 10.1. The van der Waals surface area contributed by atoms with Crippen LogP contribution in [0.2, 0.25) is 0 Å². The molecule has 0 radical (unpaired) electrons. The molecule has 1 aliphatic carbocycles. The highest BCUT2D eigenvalue weighted by atomic mass is 16.2. The summed E-state index contributed by atoms with van der Waals surface area (Å²) in [5, 5.41) is 2.62. The number of amides is 2. The zero-order valence-electron chi connectivity index (χ0n) is 9.07. The van der Waals surface area contributed by atoms with Crippen LogP contribution < -0.4 is 11.1 Å². The molecule has 15 heavy (non-hydrogen) atoms. The van der Waals surface area contributed by atoms with E-state index < -0.39 is 6.03 Å². The number of carbonyl (C=O) groups excluding carboxylic acids is 1. The summed E-state index contributed by atoms with van der Waals surface area (Å²) in [4.78, 5) is 10.1. The van der Waals surface area contributed by atoms with Crippen LogP contribution in [0, 0.1) is 6.92 Å². The fraction of sp³-hybridized carbons (Fsp3) is 0.417. The van der Waals surface area contributed by atoms with Crippen molar-refractivity contribution in [3.63, 3.8) is 0 Å². The number of aryl methyl sites for hydroxylation is 1. The van der Waals surface area contributed by atoms with Crippen LogP contribution >= 0.6 is 0 Å². The molecule has 0 unspecified atom stereocenters. The molecule has 3 nitrogen and oxygen atoms in total. The second-order valence-corrected chi connectivity index (χ2v) is 3.79. The van der Waals surface area contributed by atoms with Crippen molar-refractivity contribution in [1.29, 1.82) is 0 Å². The van der Waals surface area contributed by atoms with Crippen LogP contribution in [-0.4, -0.2) is 12.1 Å². The van der Waals surface area contributed by atoms with E-state index >= 15 is 0 Å². The van der Waals surface area contributed by atoms with Gasteiger partial charge in [-0.2, -0.15) is 0 Å². The summed E-state index contributed by atoms with van der Waals surface area (Å²) in [6.45, 7) is 2.08. The van der Waals surface area contributed by atoms with E-state index in [1.54, 1.807) is 0 Å². The molecular formula is C12H18N2O. The summed E-state index contributed by atoms with van der Waals surface area (Å²) >= 11 is 0. The third-order valence-electron chi connectivity index (χ3n) is 2.39. The molecule has 0 spiro atoms. The van der Waals surface area contributed by atoms with Crippen molar-refractivity contribution in [1.82, 2.24) is 5.32 Å². The summed E-state index contributed by atoms with van der Waals surface area (Å²) in [5.74, 6) is 0. The van der Waals surface area contributed by atoms with Crippen LogP contribution in [0.15, 0.2) is 30.3 Å². The van der Waals surface area contributed by atoms with Crippen molar-refractivity contribution in [3.8, 4) is 0 Å². The largest absolute Gasteiger partial charge is 0.352 e. The maximum absolute atomic E-state index is 10.1. The lowest BCUT2D eigenvalue weighted by molar-refractivity contribution is 0.236. The van der Waals surface area contributed by atoms with Crippen LogP contribution in [0.4, 0.5) is 4.79 Å². The minimum atomic E-state index is -0.394. The molecule has 1 aliphatic rings. The molecule has 0 aromatic heterocycles. The Morgan fingerprint density at radius 3 is 2.13 bits per heavy atom. The number of primary amides is 1. The Kier molecular flexibility index (Phi) is 4.68. The summed E-state index contributed by atoms with van der Waals surface area (Å²) in [5.41, 5.74) is 6.17. The SMILES string of the molecule is Cc1ccccc1.NC(=O)NC1CCC1. The number of benzene rings is 1. The van der Waals surface area contributed by atoms with Crippen molar-refractivity contribution in [3.05, 3.63) is 35.9 Å². The average Bonchev–Trinajstić information content (AvgIpc) is 2.14. The minimum absolute atomic E-state index is 0.382. The molecular weight excluding hydrogens is 188 g/mol. The Bertz CT molecular complexity index is 294. The fourth-order valence-corrected chi connectivity index (χ4v) is 1.29. The highest BCUT2D eigenvalue weighted by Gasteiger charge is 2.17. The zero-order chi connectivity index (χ0) is 11.1. The average molecular weight is 206 g/mol. The number of carbonyl (C=O) groups is 1. The Morgan fingerprint density at radius 1 is 1.33 bits per heavy atom. The van der Waals surface area contributed by atoms with E-state index in [4.69, 9.17) is 5.73 Å². The van der Waals surface area contributed by atoms with Crippen LogP contribution in [-0.2, 0) is 0 Å². The van der Waals surface area contributed by atoms with Gasteiger partial charge in [0.05, 0.1) is 0 Å². The molecule has 1 fully saturated rings. The van der Waals surface area contributed by atoms with E-state index in [1.807, 2.05) is 18.2 Å². The number of nitrogens with two attached hydrogens (primary N) is 1. The van der Waals surface area contributed by atoms with Gasteiger partial charge in [-0.25, -0.2) is 4.79 Å². The van der Waals surface area contributed by atoms with Crippen LogP contribution in [0.5, 0.6) is 0 Å². The van der Waals surface area contributed by atoms with E-state index in [0.717, 1.165) is 12.8 Å². The Balaban J connectivity index is 0.000000151. The number of urea groups is 1. The highest BCUT2D eigenvalue weighted by molar-refractivity contribution is 5.72. The molecule has 1 aromatic rings. The first-order valence-corrected chi connectivity index (χ1v) is 5.26. The van der Waals surface area contributed by atoms with Crippen molar-refractivity contribution in [2.45, 2.75) is 32.2 Å². The van der Waals surface area contributed by atoms with Crippen molar-refractivity contribution >= 4 is 6.03 Å². The molecule has 3 heteroatoms. The van der Waals surface area contributed by atoms with Crippen LogP contribution in [0.1, 0.15) is 24.8 Å². The lowest BCUT2D eigenvalue weighted by Crippen LogP contribution is -2.42. The van der Waals surface area contributed by atoms with Crippen molar-refractivity contribution < 1.29 is 4.79 Å². The zero-order valence-corrected chi connectivity index (χ0v) is 9.07. The molecule has 1 aromatic carbocycles. The van der Waals surface area contributed by atoms with Gasteiger partial charge in [-0.1, -0.05) is 35.9 Å². The van der Waals surface area contributed by atoms with Crippen molar-refractivity contribution in [2.75, 3.05) is 0 Å². The van der Waals surface area contributed by atoms with Gasteiger partial charge in [0, 0.05) is 6.04 Å². The maximum Gasteiger partial charge on any atom is 0.312 e. The first-order chi connectivity index (χ1) is 7.18. The van der Waals surface area contributed by atoms with Gasteiger partial charge in [0.15, 0.2) is 0 Å². The highest BCUT2D eigenvalue weighted by Crippen LogP contribution is 2.17. The summed E-state index contributed by atoms with van der Waals surface area (Å²) < 4.78 is 0. The molecule has 2 rings (SSSR count). The van der Waals surface area contributed by atoms with Crippen molar-refractivity contribution in [2.24, 2.45) is 5.73 Å². The van der Waals surface area contributed by atoms with Crippen LogP contribution in [0.25, 0.3) is 0 Å². The topological polar surface area (TPSA) is 55.1 Å². The molecule has 0 heterocycles. The smallest absolute Gasteiger partial charge is 0.312 e. The molecule has 1 saturated carbocycles. The summed E-state index contributed by atoms with van der Waals surface area (Å²) in [6.07, 6.45) is 3.43. The van der Waals surface area contributed by atoms with Gasteiger partial charge in [-0.05, 0) is 26.2 Å². The number of hydrogen-bond donors (Lipinski definition) is 2. The molecule has 0 saturated heterocycles. The molecule has 2 amide bonds. The molecule has 0 bridgehead atoms. The van der Waals surface area contributed by atoms with E-state index in [1.165, 1.54) is 12.0 Å². The Hall–Kier alpha value is -1.51. The lowest BCUT2D eigenvalue weighted by atomic mass is 9.93. The second kappa shape index (κ2) is 6.06. The predicted octanol–water partition coefficient (Wildman–Crippen LogP) is 2.20. The van der Waals surface area contributed by atoms with Gasteiger partial charge in [0.1, 0.15) is 0 Å². The van der Waals surface area contributed by atoms with Gasteiger partial charge in [-0.3, -0.25) is 0 Å². The monoisotopic (exact) mass is 206 g/mol. The van der Waals surface area contributed by atoms with E-state index in [2.05, 4.69) is 24.4 Å². The molecule has 3 N–H and O–H groups in total. The standard InChI is InChI=1S/C7H8.C5H10N2O/c1-7-5-3-2-4-6-7;6-5(8)7-4-2-1-3-4/h2-6H,1H3;4H,1-3H2,(H3,6,7,8). The summed E-state index contributed by atoms with van der Waals surface area (Å²) in [6, 6.07) is 10.2. The molecule has 0 aliphatic heterocycles. The lowest BCUT2D eigenvalue weighted by Gasteiger charge is -2.24. The fourth-order valence-electron chi connectivity index (χ4n) is 1.29. The van der Waals surface area contributed by atoms with Gasteiger partial charge in [0.25, 0.3) is 0 Å². The quantitative estimate of drug-likeness (QED) is 0.727. The third-order valence-corrected chi connectivity index (χ3v) is 2.39. The predicted molar refractivity (Wildman–Crippen MR) is 61.5 cm³/mol. The third kappa shape index (κ3) is 5.05. The van der Waals surface area contributed by atoms with E-state index in [9.17, 15) is 4.79 Å². The first-order valence-electron chi connectivity index (χ1n) is 5.26. The van der Waals surface area contributed by atoms with Gasteiger partial charge >= 0.3 is 6.03 Å². The second-order valence-electron chi connectivity index (χ2n) is 3.79. The first kappa shape index (κ1) is 11.6. The molecule has 82 valence electrons. The van der Waals surface area contributed by atoms with E-state index in [-0.39, 0.29) is 0 Å². The Morgan fingerprint density at radius 2 is 1.93 bits per heavy atom.